The summed E-state index contributed by atoms with van der Waals surface area (Å²) >= 11 is 0. The van der Waals surface area contributed by atoms with Gasteiger partial charge in [0.2, 0.25) is 0 Å². The van der Waals surface area contributed by atoms with Gasteiger partial charge in [-0.05, 0) is 0 Å². The van der Waals surface area contributed by atoms with E-state index in [0.29, 0.717) is 11.5 Å². The predicted octanol–water partition coefficient (Wildman–Crippen LogP) is -1.66. The van der Waals surface area contributed by atoms with Gasteiger partial charge >= 0.3 is 0 Å². The lowest BCUT2D eigenvalue weighted by Crippen LogP contribution is -2.55. The van der Waals surface area contributed by atoms with Crippen LogP contribution in [0, 0.1) is 0 Å². The van der Waals surface area contributed by atoms with E-state index >= 15 is 0 Å². The summed E-state index contributed by atoms with van der Waals surface area (Å²) in [4.78, 5) is 0. The molecule has 2 aliphatic heterocycles. The second-order valence-electron chi connectivity index (χ2n) is 3.20. The molecule has 0 radical (unpaired) electrons. The molecule has 0 aromatic carbocycles. The summed E-state index contributed by atoms with van der Waals surface area (Å²) in [6.45, 7) is 1.77. The van der Waals surface area contributed by atoms with Crippen molar-refractivity contribution in [2.75, 3.05) is 24.6 Å². The molecule has 0 bridgehead atoms. The van der Waals surface area contributed by atoms with E-state index in [1.807, 2.05) is 0 Å². The zero-order valence-electron chi connectivity index (χ0n) is 6.21. The van der Waals surface area contributed by atoms with Gasteiger partial charge in [0.05, 0.1) is 11.5 Å². The van der Waals surface area contributed by atoms with E-state index in [1.54, 1.807) is 0 Å². The van der Waals surface area contributed by atoms with Gasteiger partial charge in [0.25, 0.3) is 0 Å². The van der Waals surface area contributed by atoms with E-state index in [4.69, 9.17) is 0 Å². The predicted molar refractivity (Wildman–Crippen MR) is 42.2 cm³/mol. The third-order valence-electron chi connectivity index (χ3n) is 2.29. The van der Waals surface area contributed by atoms with Gasteiger partial charge in [0.1, 0.15) is 0 Å². The Hall–Kier alpha value is -0.130. The van der Waals surface area contributed by atoms with E-state index < -0.39 is 9.84 Å². The summed E-state index contributed by atoms with van der Waals surface area (Å²) in [5, 5.41) is 6.39. The molecule has 2 aliphatic rings. The van der Waals surface area contributed by atoms with E-state index in [2.05, 4.69) is 10.6 Å². The van der Waals surface area contributed by atoms with Crippen molar-refractivity contribution in [1.29, 1.82) is 0 Å². The Morgan fingerprint density at radius 1 is 1.00 bits per heavy atom. The first-order valence-electron chi connectivity index (χ1n) is 3.84. The largest absolute Gasteiger partial charge is 0.310 e. The Balaban J connectivity index is 2.15. The van der Waals surface area contributed by atoms with Crippen LogP contribution in [0.3, 0.4) is 0 Å². The molecule has 2 rings (SSSR count). The number of hydrogen-bond acceptors (Lipinski definition) is 4. The number of piperazine rings is 1. The van der Waals surface area contributed by atoms with Crippen LogP contribution in [0.15, 0.2) is 0 Å². The number of nitrogens with one attached hydrogen (secondary N) is 2. The molecule has 2 saturated heterocycles. The maximum absolute atomic E-state index is 11.1. The van der Waals surface area contributed by atoms with Crippen molar-refractivity contribution >= 4 is 9.84 Å². The fourth-order valence-corrected chi connectivity index (χ4v) is 3.70. The van der Waals surface area contributed by atoms with Crippen LogP contribution in [0.25, 0.3) is 0 Å². The smallest absolute Gasteiger partial charge is 0.153 e. The molecule has 0 saturated carbocycles. The van der Waals surface area contributed by atoms with Crippen LogP contribution in [-0.2, 0) is 9.84 Å². The summed E-state index contributed by atoms with van der Waals surface area (Å²) in [7, 11) is -2.75. The van der Waals surface area contributed by atoms with Crippen LogP contribution < -0.4 is 10.6 Å². The Labute approximate surface area is 66.3 Å². The first kappa shape index (κ1) is 7.52. The van der Waals surface area contributed by atoms with Gasteiger partial charge in [0.15, 0.2) is 9.84 Å². The molecule has 2 atom stereocenters. The molecule has 2 N–H and O–H groups in total. The van der Waals surface area contributed by atoms with Gasteiger partial charge in [-0.1, -0.05) is 0 Å². The first-order valence-corrected chi connectivity index (χ1v) is 5.67. The number of rotatable bonds is 0. The average Bonchev–Trinajstić information content (AvgIpc) is 2.21. The van der Waals surface area contributed by atoms with Crippen molar-refractivity contribution in [3.63, 3.8) is 0 Å². The highest BCUT2D eigenvalue weighted by atomic mass is 32.2. The summed E-state index contributed by atoms with van der Waals surface area (Å²) in [6, 6.07) is 0.322. The fourth-order valence-electron chi connectivity index (χ4n) is 1.76. The molecule has 64 valence electrons. The van der Waals surface area contributed by atoms with Gasteiger partial charge in [0, 0.05) is 25.2 Å². The van der Waals surface area contributed by atoms with Gasteiger partial charge in [-0.3, -0.25) is 0 Å². The molecular weight excluding hydrogens is 164 g/mol. The summed E-state index contributed by atoms with van der Waals surface area (Å²) in [5.41, 5.74) is 0. The summed E-state index contributed by atoms with van der Waals surface area (Å²) in [6.07, 6.45) is 0. The summed E-state index contributed by atoms with van der Waals surface area (Å²) in [5.74, 6) is 0.620. The highest BCUT2D eigenvalue weighted by Crippen LogP contribution is 2.13. The highest BCUT2D eigenvalue weighted by molar-refractivity contribution is 7.91. The van der Waals surface area contributed by atoms with Crippen molar-refractivity contribution in [1.82, 2.24) is 10.6 Å². The zero-order valence-corrected chi connectivity index (χ0v) is 7.02. The molecule has 0 aliphatic carbocycles. The number of sulfone groups is 1. The second-order valence-corrected chi connectivity index (χ2v) is 5.35. The Morgan fingerprint density at radius 2 is 1.45 bits per heavy atom. The summed E-state index contributed by atoms with van der Waals surface area (Å²) < 4.78 is 22.2. The minimum absolute atomic E-state index is 0.161. The van der Waals surface area contributed by atoms with Crippen molar-refractivity contribution in [2.45, 2.75) is 12.1 Å². The van der Waals surface area contributed by atoms with E-state index in [-0.39, 0.29) is 12.1 Å². The van der Waals surface area contributed by atoms with Gasteiger partial charge in [-0.15, -0.1) is 0 Å². The molecule has 0 amide bonds. The maximum Gasteiger partial charge on any atom is 0.153 e. The normalized spacial score (nSPS) is 41.8. The second kappa shape index (κ2) is 2.43. The molecule has 0 aromatic heterocycles. The third-order valence-corrected chi connectivity index (χ3v) is 4.02. The maximum atomic E-state index is 11.1. The van der Waals surface area contributed by atoms with Crippen molar-refractivity contribution < 1.29 is 8.42 Å². The Bertz CT molecular complexity index is 229. The lowest BCUT2D eigenvalue weighted by atomic mass is 10.1. The standard InChI is InChI=1S/C6H12N2O2S/c9-11(10)3-5-6(4-11)8-2-1-7-5/h5-8H,1-4H2/t5-,6+. The van der Waals surface area contributed by atoms with Crippen LogP contribution in [0.1, 0.15) is 0 Å². The van der Waals surface area contributed by atoms with Gasteiger partial charge in [-0.25, -0.2) is 8.42 Å². The van der Waals surface area contributed by atoms with Crippen LogP contribution in [0.2, 0.25) is 0 Å². The lowest BCUT2D eigenvalue weighted by Gasteiger charge is -2.26. The third kappa shape index (κ3) is 1.40. The van der Waals surface area contributed by atoms with Gasteiger partial charge in [-0.2, -0.15) is 0 Å². The Morgan fingerprint density at radius 3 is 1.91 bits per heavy atom. The molecule has 11 heavy (non-hydrogen) atoms. The molecular formula is C6H12N2O2S. The van der Waals surface area contributed by atoms with Crippen molar-refractivity contribution in [3.8, 4) is 0 Å². The van der Waals surface area contributed by atoms with Crippen LogP contribution >= 0.6 is 0 Å². The number of hydrogen-bond donors (Lipinski definition) is 2. The minimum atomic E-state index is -2.75. The minimum Gasteiger partial charge on any atom is -0.310 e. The van der Waals surface area contributed by atoms with Crippen LogP contribution in [0.4, 0.5) is 0 Å². The van der Waals surface area contributed by atoms with Crippen LogP contribution in [-0.4, -0.2) is 45.1 Å². The van der Waals surface area contributed by atoms with E-state index in [0.717, 1.165) is 13.1 Å². The quantitative estimate of drug-likeness (QED) is 0.464. The first-order chi connectivity index (χ1) is 5.17. The van der Waals surface area contributed by atoms with Gasteiger partial charge < -0.3 is 10.6 Å². The van der Waals surface area contributed by atoms with Crippen molar-refractivity contribution in [3.05, 3.63) is 0 Å². The zero-order chi connectivity index (χ0) is 7.90. The molecule has 2 heterocycles. The average molecular weight is 176 g/mol. The van der Waals surface area contributed by atoms with E-state index in [1.165, 1.54) is 0 Å². The number of fused-ring (bicyclic) bond motifs is 1. The van der Waals surface area contributed by atoms with Crippen molar-refractivity contribution in [2.24, 2.45) is 0 Å². The highest BCUT2D eigenvalue weighted by Gasteiger charge is 2.38. The molecule has 0 aromatic rings. The lowest BCUT2D eigenvalue weighted by molar-refractivity contribution is 0.377. The van der Waals surface area contributed by atoms with E-state index in [9.17, 15) is 8.42 Å². The SMILES string of the molecule is O=S1(=O)C[C@@H]2NCCN[C@@H]2C1. The molecule has 2 fully saturated rings. The fraction of sp³-hybridized carbons (Fsp3) is 1.00. The topological polar surface area (TPSA) is 58.2 Å². The van der Waals surface area contributed by atoms with Crippen LogP contribution in [0.5, 0.6) is 0 Å². The Kier molecular flexibility index (Phi) is 1.66. The molecule has 4 nitrogen and oxygen atoms in total. The molecule has 5 heteroatoms. The molecule has 0 unspecified atom stereocenters. The molecule has 0 spiro atoms. The monoisotopic (exact) mass is 176 g/mol.